The number of para-hydroxylation sites is 2. The average Bonchev–Trinajstić information content (AvgIpc) is 2.38. The van der Waals surface area contributed by atoms with Crippen molar-refractivity contribution in [2.75, 3.05) is 5.32 Å². The first kappa shape index (κ1) is 12.3. The number of hydrogen-bond acceptors (Lipinski definition) is 3. The summed E-state index contributed by atoms with van der Waals surface area (Å²) < 4.78 is 5.68. The molecule has 1 heterocycles. The van der Waals surface area contributed by atoms with Gasteiger partial charge in [-0.1, -0.05) is 18.2 Å². The van der Waals surface area contributed by atoms with Crippen LogP contribution in [0.3, 0.4) is 0 Å². The van der Waals surface area contributed by atoms with Gasteiger partial charge in [0.25, 0.3) is 0 Å². The Morgan fingerprint density at radius 3 is 2.72 bits per heavy atom. The standard InChI is InChI=1S/C13H13N3OS/c14-13(18)16-11-6-1-2-7-12(11)17-9-10-5-3-4-8-15-10/h1-8H,9H2,(H3,14,16,18). The molecule has 0 saturated carbocycles. The summed E-state index contributed by atoms with van der Waals surface area (Å²) in [4.78, 5) is 4.19. The van der Waals surface area contributed by atoms with Crippen LogP contribution in [-0.2, 0) is 6.61 Å². The normalized spacial score (nSPS) is 9.78. The van der Waals surface area contributed by atoms with Gasteiger partial charge in [0.05, 0.1) is 11.4 Å². The van der Waals surface area contributed by atoms with Crippen molar-refractivity contribution in [3.05, 3.63) is 54.4 Å². The molecule has 0 bridgehead atoms. The van der Waals surface area contributed by atoms with Gasteiger partial charge in [-0.2, -0.15) is 0 Å². The van der Waals surface area contributed by atoms with E-state index in [1.807, 2.05) is 42.5 Å². The third-order valence-electron chi connectivity index (χ3n) is 2.25. The van der Waals surface area contributed by atoms with E-state index >= 15 is 0 Å². The summed E-state index contributed by atoms with van der Waals surface area (Å²) in [6.07, 6.45) is 1.73. The molecule has 0 fully saturated rings. The fraction of sp³-hybridized carbons (Fsp3) is 0.0769. The molecule has 92 valence electrons. The summed E-state index contributed by atoms with van der Waals surface area (Å²) in [5.41, 5.74) is 7.07. The van der Waals surface area contributed by atoms with Crippen molar-refractivity contribution in [1.82, 2.24) is 4.98 Å². The van der Waals surface area contributed by atoms with Crippen molar-refractivity contribution in [2.24, 2.45) is 5.73 Å². The van der Waals surface area contributed by atoms with E-state index in [2.05, 4.69) is 10.3 Å². The second-order valence-electron chi connectivity index (χ2n) is 3.60. The molecule has 0 aliphatic carbocycles. The van der Waals surface area contributed by atoms with E-state index in [9.17, 15) is 0 Å². The van der Waals surface area contributed by atoms with Crippen LogP contribution in [0.5, 0.6) is 5.75 Å². The van der Waals surface area contributed by atoms with E-state index in [0.29, 0.717) is 12.4 Å². The molecular weight excluding hydrogens is 246 g/mol. The van der Waals surface area contributed by atoms with Crippen LogP contribution in [0.4, 0.5) is 5.69 Å². The maximum atomic E-state index is 5.68. The number of nitrogens with one attached hydrogen (secondary N) is 1. The number of nitrogens with zero attached hydrogens (tertiary/aromatic N) is 1. The van der Waals surface area contributed by atoms with Gasteiger partial charge in [0.1, 0.15) is 12.4 Å². The fourth-order valence-corrected chi connectivity index (χ4v) is 1.57. The second-order valence-corrected chi connectivity index (χ2v) is 4.03. The summed E-state index contributed by atoms with van der Waals surface area (Å²) in [5, 5.41) is 3.09. The third-order valence-corrected chi connectivity index (χ3v) is 2.35. The molecule has 0 amide bonds. The Morgan fingerprint density at radius 1 is 1.22 bits per heavy atom. The minimum absolute atomic E-state index is 0.212. The van der Waals surface area contributed by atoms with E-state index in [0.717, 1.165) is 11.4 Å². The van der Waals surface area contributed by atoms with E-state index in [1.165, 1.54) is 0 Å². The van der Waals surface area contributed by atoms with Crippen molar-refractivity contribution < 1.29 is 4.74 Å². The van der Waals surface area contributed by atoms with Crippen LogP contribution in [0.1, 0.15) is 5.69 Å². The van der Waals surface area contributed by atoms with Crippen LogP contribution < -0.4 is 15.8 Å². The molecule has 3 N–H and O–H groups in total. The molecule has 1 aromatic carbocycles. The van der Waals surface area contributed by atoms with Gasteiger partial charge in [-0.3, -0.25) is 4.98 Å². The summed E-state index contributed by atoms with van der Waals surface area (Å²) >= 11 is 4.81. The highest BCUT2D eigenvalue weighted by atomic mass is 32.1. The van der Waals surface area contributed by atoms with Crippen LogP contribution in [0.25, 0.3) is 0 Å². The van der Waals surface area contributed by atoms with Crippen molar-refractivity contribution >= 4 is 23.0 Å². The summed E-state index contributed by atoms with van der Waals surface area (Å²) in [7, 11) is 0. The maximum Gasteiger partial charge on any atom is 0.168 e. The molecule has 18 heavy (non-hydrogen) atoms. The van der Waals surface area contributed by atoms with Crippen LogP contribution in [0.2, 0.25) is 0 Å². The molecule has 0 spiro atoms. The Kier molecular flexibility index (Phi) is 4.09. The topological polar surface area (TPSA) is 60.2 Å². The molecule has 2 aromatic rings. The van der Waals surface area contributed by atoms with Gasteiger partial charge >= 0.3 is 0 Å². The van der Waals surface area contributed by atoms with Crippen LogP contribution >= 0.6 is 12.2 Å². The Bertz CT molecular complexity index is 531. The quantitative estimate of drug-likeness (QED) is 0.825. The Hall–Kier alpha value is -2.14. The lowest BCUT2D eigenvalue weighted by Crippen LogP contribution is -2.19. The van der Waals surface area contributed by atoms with Crippen molar-refractivity contribution in [1.29, 1.82) is 0 Å². The number of benzene rings is 1. The number of nitrogens with two attached hydrogens (primary N) is 1. The van der Waals surface area contributed by atoms with Gasteiger partial charge in [-0.25, -0.2) is 0 Å². The number of anilines is 1. The molecule has 0 unspecified atom stereocenters. The molecule has 5 heteroatoms. The van der Waals surface area contributed by atoms with Crippen LogP contribution in [-0.4, -0.2) is 10.1 Å². The van der Waals surface area contributed by atoms with E-state index in [1.54, 1.807) is 6.20 Å². The number of thiocarbonyl (C=S) groups is 1. The number of ether oxygens (including phenoxy) is 1. The second kappa shape index (κ2) is 5.97. The Balaban J connectivity index is 2.07. The highest BCUT2D eigenvalue weighted by molar-refractivity contribution is 7.80. The largest absolute Gasteiger partial charge is 0.485 e. The molecule has 4 nitrogen and oxygen atoms in total. The van der Waals surface area contributed by atoms with E-state index < -0.39 is 0 Å². The SMILES string of the molecule is NC(=S)Nc1ccccc1OCc1ccccn1. The lowest BCUT2D eigenvalue weighted by molar-refractivity contribution is 0.303. The molecule has 2 rings (SSSR count). The molecule has 0 radical (unpaired) electrons. The third kappa shape index (κ3) is 3.43. The van der Waals surface area contributed by atoms with Gasteiger partial charge in [0, 0.05) is 6.20 Å². The zero-order chi connectivity index (χ0) is 12.8. The Morgan fingerprint density at radius 2 is 2.00 bits per heavy atom. The summed E-state index contributed by atoms with van der Waals surface area (Å²) in [6.45, 7) is 0.400. The minimum atomic E-state index is 0.212. The van der Waals surface area contributed by atoms with Gasteiger partial charge in [0.2, 0.25) is 0 Å². The molecule has 0 saturated heterocycles. The highest BCUT2D eigenvalue weighted by Gasteiger charge is 2.03. The van der Waals surface area contributed by atoms with Gasteiger partial charge in [-0.05, 0) is 36.5 Å². The first-order valence-corrected chi connectivity index (χ1v) is 5.85. The molecule has 0 aliphatic rings. The number of hydrogen-bond donors (Lipinski definition) is 2. The zero-order valence-corrected chi connectivity index (χ0v) is 10.5. The van der Waals surface area contributed by atoms with E-state index in [-0.39, 0.29) is 5.11 Å². The smallest absolute Gasteiger partial charge is 0.168 e. The monoisotopic (exact) mass is 259 g/mol. The lowest BCUT2D eigenvalue weighted by atomic mass is 10.3. The molecule has 0 aliphatic heterocycles. The lowest BCUT2D eigenvalue weighted by Gasteiger charge is -2.11. The van der Waals surface area contributed by atoms with Gasteiger partial charge in [0.15, 0.2) is 5.11 Å². The van der Waals surface area contributed by atoms with Crippen molar-refractivity contribution in [2.45, 2.75) is 6.61 Å². The molecule has 0 atom stereocenters. The summed E-state index contributed by atoms with van der Waals surface area (Å²) in [6, 6.07) is 13.2. The highest BCUT2D eigenvalue weighted by Crippen LogP contribution is 2.24. The number of aromatic nitrogens is 1. The van der Waals surface area contributed by atoms with Crippen molar-refractivity contribution in [3.63, 3.8) is 0 Å². The Labute approximate surface area is 111 Å². The number of pyridine rings is 1. The fourth-order valence-electron chi connectivity index (χ4n) is 1.46. The van der Waals surface area contributed by atoms with Gasteiger partial charge < -0.3 is 15.8 Å². The van der Waals surface area contributed by atoms with Crippen LogP contribution in [0.15, 0.2) is 48.7 Å². The predicted octanol–water partition coefficient (Wildman–Crippen LogP) is 2.32. The zero-order valence-electron chi connectivity index (χ0n) is 9.67. The molecule has 1 aromatic heterocycles. The van der Waals surface area contributed by atoms with E-state index in [4.69, 9.17) is 22.7 Å². The minimum Gasteiger partial charge on any atom is -0.485 e. The van der Waals surface area contributed by atoms with Crippen molar-refractivity contribution in [3.8, 4) is 5.75 Å². The number of rotatable bonds is 4. The average molecular weight is 259 g/mol. The predicted molar refractivity (Wildman–Crippen MR) is 75.4 cm³/mol. The first-order chi connectivity index (χ1) is 8.75. The maximum absolute atomic E-state index is 5.68. The summed E-state index contributed by atoms with van der Waals surface area (Å²) in [5.74, 6) is 0.691. The first-order valence-electron chi connectivity index (χ1n) is 5.44. The van der Waals surface area contributed by atoms with Crippen LogP contribution in [0, 0.1) is 0 Å². The molecular formula is C13H13N3OS. The van der Waals surface area contributed by atoms with Gasteiger partial charge in [-0.15, -0.1) is 0 Å².